The largest absolute Gasteiger partial charge is 0.383 e. The Morgan fingerprint density at radius 2 is 1.89 bits per heavy atom. The van der Waals surface area contributed by atoms with E-state index in [1.54, 1.807) is 12.0 Å². The maximum atomic E-state index is 14.1. The van der Waals surface area contributed by atoms with Gasteiger partial charge in [0.15, 0.2) is 0 Å². The summed E-state index contributed by atoms with van der Waals surface area (Å²) in [6.45, 7) is 4.78. The van der Waals surface area contributed by atoms with Crippen LogP contribution in [0.15, 0.2) is 12.1 Å². The number of ether oxygens (including phenoxy) is 1. The standard InChI is InChI=1S/C14H20ClF2NO/c1-4-10(2)18(5-6-19-3)14-12(16)7-11(9-15)8-13(14)17/h7-8,10H,4-6,9H2,1-3H3. The number of halogens is 3. The quantitative estimate of drug-likeness (QED) is 0.705. The first kappa shape index (κ1) is 16.2. The third kappa shape index (κ3) is 4.05. The fourth-order valence-corrected chi connectivity index (χ4v) is 2.09. The molecule has 0 N–H and O–H groups in total. The lowest BCUT2D eigenvalue weighted by atomic mass is 10.1. The van der Waals surface area contributed by atoms with Crippen molar-refractivity contribution in [1.29, 1.82) is 0 Å². The highest BCUT2D eigenvalue weighted by Gasteiger charge is 2.21. The molecule has 19 heavy (non-hydrogen) atoms. The molecule has 0 aromatic heterocycles. The monoisotopic (exact) mass is 291 g/mol. The molecule has 1 aromatic carbocycles. The van der Waals surface area contributed by atoms with Crippen LogP contribution in [0.4, 0.5) is 14.5 Å². The van der Waals surface area contributed by atoms with E-state index >= 15 is 0 Å². The minimum Gasteiger partial charge on any atom is -0.383 e. The van der Waals surface area contributed by atoms with Gasteiger partial charge in [-0.05, 0) is 31.0 Å². The van der Waals surface area contributed by atoms with E-state index in [-0.39, 0.29) is 17.6 Å². The number of alkyl halides is 1. The molecule has 0 saturated heterocycles. The second kappa shape index (κ2) is 7.65. The van der Waals surface area contributed by atoms with Crippen LogP contribution < -0.4 is 4.90 Å². The number of rotatable bonds is 7. The van der Waals surface area contributed by atoms with Crippen LogP contribution in [-0.2, 0) is 10.6 Å². The molecule has 0 spiro atoms. The molecule has 0 aliphatic carbocycles. The normalized spacial score (nSPS) is 12.5. The number of anilines is 1. The molecule has 0 heterocycles. The summed E-state index contributed by atoms with van der Waals surface area (Å²) in [6.07, 6.45) is 0.792. The number of hydrogen-bond acceptors (Lipinski definition) is 2. The molecule has 0 aliphatic rings. The van der Waals surface area contributed by atoms with Gasteiger partial charge in [-0.3, -0.25) is 0 Å². The molecule has 1 rings (SSSR count). The van der Waals surface area contributed by atoms with E-state index in [9.17, 15) is 8.78 Å². The molecule has 0 amide bonds. The number of nitrogens with zero attached hydrogens (tertiary/aromatic N) is 1. The van der Waals surface area contributed by atoms with Crippen molar-refractivity contribution in [2.45, 2.75) is 32.2 Å². The number of benzene rings is 1. The predicted molar refractivity (Wildman–Crippen MR) is 74.9 cm³/mol. The van der Waals surface area contributed by atoms with E-state index in [1.807, 2.05) is 13.8 Å². The van der Waals surface area contributed by atoms with Crippen LogP contribution in [0.2, 0.25) is 0 Å². The van der Waals surface area contributed by atoms with Crippen LogP contribution in [0.1, 0.15) is 25.8 Å². The summed E-state index contributed by atoms with van der Waals surface area (Å²) in [6, 6.07) is 2.60. The Labute approximate surface area is 118 Å². The zero-order valence-electron chi connectivity index (χ0n) is 11.5. The first-order valence-electron chi connectivity index (χ1n) is 6.34. The highest BCUT2D eigenvalue weighted by molar-refractivity contribution is 6.17. The molecule has 108 valence electrons. The van der Waals surface area contributed by atoms with Gasteiger partial charge in [0, 0.05) is 25.6 Å². The molecule has 5 heteroatoms. The van der Waals surface area contributed by atoms with Gasteiger partial charge in [0.25, 0.3) is 0 Å². The Hall–Kier alpha value is -0.870. The van der Waals surface area contributed by atoms with Crippen LogP contribution in [-0.4, -0.2) is 26.3 Å². The van der Waals surface area contributed by atoms with Crippen LogP contribution in [0.5, 0.6) is 0 Å². The van der Waals surface area contributed by atoms with Crippen molar-refractivity contribution in [2.75, 3.05) is 25.2 Å². The minimum atomic E-state index is -0.577. The van der Waals surface area contributed by atoms with Gasteiger partial charge < -0.3 is 9.64 Å². The molecule has 1 unspecified atom stereocenters. The molecule has 0 bridgehead atoms. The van der Waals surface area contributed by atoms with Gasteiger partial charge in [-0.25, -0.2) is 8.78 Å². The Bertz CT molecular complexity index is 391. The second-order valence-electron chi connectivity index (χ2n) is 4.49. The highest BCUT2D eigenvalue weighted by Crippen LogP contribution is 2.28. The van der Waals surface area contributed by atoms with E-state index in [2.05, 4.69) is 0 Å². The van der Waals surface area contributed by atoms with Crippen LogP contribution >= 0.6 is 11.6 Å². The van der Waals surface area contributed by atoms with Crippen LogP contribution in [0, 0.1) is 11.6 Å². The van der Waals surface area contributed by atoms with Gasteiger partial charge in [-0.1, -0.05) is 6.92 Å². The molecule has 1 aromatic rings. The van der Waals surface area contributed by atoms with Crippen LogP contribution in [0.25, 0.3) is 0 Å². The predicted octanol–water partition coefficient (Wildman–Crippen LogP) is 3.95. The third-order valence-electron chi connectivity index (χ3n) is 3.18. The van der Waals surface area contributed by atoms with Crippen molar-refractivity contribution in [2.24, 2.45) is 0 Å². The molecular weight excluding hydrogens is 272 g/mol. The average Bonchev–Trinajstić information content (AvgIpc) is 2.40. The van der Waals surface area contributed by atoms with Gasteiger partial charge >= 0.3 is 0 Å². The summed E-state index contributed by atoms with van der Waals surface area (Å²) in [5.41, 5.74) is 0.441. The summed E-state index contributed by atoms with van der Waals surface area (Å²) in [5.74, 6) is -1.06. The fourth-order valence-electron chi connectivity index (χ4n) is 1.93. The smallest absolute Gasteiger partial charge is 0.149 e. The number of hydrogen-bond donors (Lipinski definition) is 0. The van der Waals surface area contributed by atoms with Gasteiger partial charge in [0.2, 0.25) is 0 Å². The average molecular weight is 292 g/mol. The molecule has 0 saturated carbocycles. The van der Waals surface area contributed by atoms with Gasteiger partial charge in [-0.2, -0.15) is 0 Å². The van der Waals surface area contributed by atoms with E-state index in [0.717, 1.165) is 6.42 Å². The molecule has 0 radical (unpaired) electrons. The van der Waals surface area contributed by atoms with Crippen molar-refractivity contribution >= 4 is 17.3 Å². The second-order valence-corrected chi connectivity index (χ2v) is 4.75. The molecular formula is C14H20ClF2NO. The summed E-state index contributed by atoms with van der Waals surface area (Å²) in [5, 5.41) is 0. The SMILES string of the molecule is CCC(C)N(CCOC)c1c(F)cc(CCl)cc1F. The lowest BCUT2D eigenvalue weighted by Crippen LogP contribution is -2.36. The van der Waals surface area contributed by atoms with Gasteiger partial charge in [-0.15, -0.1) is 11.6 Å². The Kier molecular flexibility index (Phi) is 6.52. The number of methoxy groups -OCH3 is 1. The Morgan fingerprint density at radius 1 is 1.32 bits per heavy atom. The first-order valence-corrected chi connectivity index (χ1v) is 6.88. The molecule has 1 atom stereocenters. The zero-order valence-corrected chi connectivity index (χ0v) is 12.3. The lowest BCUT2D eigenvalue weighted by molar-refractivity contribution is 0.203. The topological polar surface area (TPSA) is 12.5 Å². The molecule has 2 nitrogen and oxygen atoms in total. The summed E-state index contributed by atoms with van der Waals surface area (Å²) in [4.78, 5) is 1.70. The van der Waals surface area contributed by atoms with Gasteiger partial charge in [0.1, 0.15) is 17.3 Å². The van der Waals surface area contributed by atoms with Gasteiger partial charge in [0.05, 0.1) is 6.61 Å². The maximum absolute atomic E-state index is 14.1. The van der Waals surface area contributed by atoms with Crippen molar-refractivity contribution in [3.05, 3.63) is 29.3 Å². The highest BCUT2D eigenvalue weighted by atomic mass is 35.5. The molecule has 0 aliphatic heterocycles. The van der Waals surface area contributed by atoms with Crippen molar-refractivity contribution in [3.8, 4) is 0 Å². The zero-order chi connectivity index (χ0) is 14.4. The summed E-state index contributed by atoms with van der Waals surface area (Å²) in [7, 11) is 1.57. The van der Waals surface area contributed by atoms with E-state index < -0.39 is 11.6 Å². The minimum absolute atomic E-state index is 0.000247. The Morgan fingerprint density at radius 3 is 2.32 bits per heavy atom. The first-order chi connectivity index (χ1) is 9.04. The third-order valence-corrected chi connectivity index (χ3v) is 3.49. The van der Waals surface area contributed by atoms with E-state index in [1.165, 1.54) is 12.1 Å². The lowest BCUT2D eigenvalue weighted by Gasteiger charge is -2.31. The van der Waals surface area contributed by atoms with Crippen molar-refractivity contribution < 1.29 is 13.5 Å². The van der Waals surface area contributed by atoms with Crippen molar-refractivity contribution in [1.82, 2.24) is 0 Å². The molecule has 0 fully saturated rings. The summed E-state index contributed by atoms with van der Waals surface area (Å²) < 4.78 is 33.2. The summed E-state index contributed by atoms with van der Waals surface area (Å²) >= 11 is 5.61. The maximum Gasteiger partial charge on any atom is 0.149 e. The van der Waals surface area contributed by atoms with E-state index in [4.69, 9.17) is 16.3 Å². The fraction of sp³-hybridized carbons (Fsp3) is 0.571. The van der Waals surface area contributed by atoms with Crippen molar-refractivity contribution in [3.63, 3.8) is 0 Å². The van der Waals surface area contributed by atoms with E-state index in [0.29, 0.717) is 18.7 Å². The Balaban J connectivity index is 3.14. The van der Waals surface area contributed by atoms with Crippen LogP contribution in [0.3, 0.4) is 0 Å².